The lowest BCUT2D eigenvalue weighted by Gasteiger charge is -2.17. The van der Waals surface area contributed by atoms with Crippen molar-refractivity contribution in [2.45, 2.75) is 26.4 Å². The summed E-state index contributed by atoms with van der Waals surface area (Å²) < 4.78 is 24.9. The molecule has 1 amide bonds. The Morgan fingerprint density at radius 2 is 2.18 bits per heavy atom. The number of nitrogens with one attached hydrogen (secondary N) is 1. The number of rotatable bonds is 7. The average Bonchev–Trinajstić information content (AvgIpc) is 2.69. The maximum absolute atomic E-state index is 13.9. The number of hydrogen-bond donors (Lipinski definition) is 1. The molecule has 146 valence electrons. The van der Waals surface area contributed by atoms with Crippen molar-refractivity contribution in [3.63, 3.8) is 0 Å². The van der Waals surface area contributed by atoms with Gasteiger partial charge in [-0.15, -0.1) is 0 Å². The van der Waals surface area contributed by atoms with Gasteiger partial charge < -0.3 is 9.47 Å². The number of carbonyl (C=O) groups excluding carboxylic acids is 1. The van der Waals surface area contributed by atoms with Crippen LogP contribution in [-0.2, 0) is 0 Å². The minimum Gasteiger partial charge on any atom is -0.493 e. The Morgan fingerprint density at radius 1 is 1.43 bits per heavy atom. The van der Waals surface area contributed by atoms with Crippen LogP contribution < -0.4 is 14.9 Å². The second kappa shape index (κ2) is 9.72. The number of hydrazone groups is 1. The molecule has 2 aromatic rings. The zero-order valence-electron chi connectivity index (χ0n) is 15.6. The first-order valence-electron chi connectivity index (χ1n) is 8.46. The molecule has 0 radical (unpaired) electrons. The van der Waals surface area contributed by atoms with Gasteiger partial charge in [0.2, 0.25) is 0 Å². The molecule has 1 atom stereocenters. The fourth-order valence-corrected chi connectivity index (χ4v) is 2.47. The number of halogens is 2. The molecule has 6 nitrogen and oxygen atoms in total. The molecule has 1 N–H and O–H groups in total. The third-order valence-corrected chi connectivity index (χ3v) is 4.15. The van der Waals surface area contributed by atoms with Crippen molar-refractivity contribution in [3.8, 4) is 17.6 Å². The summed E-state index contributed by atoms with van der Waals surface area (Å²) in [7, 11) is 1.49. The van der Waals surface area contributed by atoms with Gasteiger partial charge in [-0.2, -0.15) is 10.4 Å². The highest BCUT2D eigenvalue weighted by Gasteiger charge is 2.14. The van der Waals surface area contributed by atoms with Gasteiger partial charge in [0.25, 0.3) is 5.91 Å². The SMILES string of the molecule is CC[C@H](C)Oc1c(Cl)cc(/C=N\NC(=O)c2ccc(C#N)cc2F)cc1OC. The normalized spacial score (nSPS) is 11.7. The number of carbonyl (C=O) groups is 1. The summed E-state index contributed by atoms with van der Waals surface area (Å²) >= 11 is 6.27. The maximum atomic E-state index is 13.9. The number of methoxy groups -OCH3 is 1. The maximum Gasteiger partial charge on any atom is 0.274 e. The summed E-state index contributed by atoms with van der Waals surface area (Å²) in [6.45, 7) is 3.91. The van der Waals surface area contributed by atoms with E-state index in [1.807, 2.05) is 13.8 Å². The van der Waals surface area contributed by atoms with E-state index >= 15 is 0 Å². The second-order valence-corrected chi connectivity index (χ2v) is 6.28. The van der Waals surface area contributed by atoms with E-state index < -0.39 is 11.7 Å². The van der Waals surface area contributed by atoms with E-state index in [1.165, 1.54) is 25.5 Å². The first kappa shape index (κ1) is 21.2. The topological polar surface area (TPSA) is 83.7 Å². The zero-order valence-corrected chi connectivity index (χ0v) is 16.4. The van der Waals surface area contributed by atoms with Gasteiger partial charge in [-0.05, 0) is 49.2 Å². The smallest absolute Gasteiger partial charge is 0.274 e. The number of hydrogen-bond acceptors (Lipinski definition) is 5. The summed E-state index contributed by atoms with van der Waals surface area (Å²) in [5, 5.41) is 12.9. The molecule has 0 aliphatic rings. The Labute approximate surface area is 167 Å². The van der Waals surface area contributed by atoms with Gasteiger partial charge in [0.1, 0.15) is 5.82 Å². The Morgan fingerprint density at radius 3 is 2.79 bits per heavy atom. The van der Waals surface area contributed by atoms with Crippen LogP contribution in [0.5, 0.6) is 11.5 Å². The molecular weight excluding hydrogens is 385 g/mol. The quantitative estimate of drug-likeness (QED) is 0.551. The predicted molar refractivity (Wildman–Crippen MR) is 105 cm³/mol. The Kier molecular flexibility index (Phi) is 7.36. The molecule has 0 heterocycles. The van der Waals surface area contributed by atoms with E-state index in [4.69, 9.17) is 26.3 Å². The number of nitriles is 1. The van der Waals surface area contributed by atoms with Crippen molar-refractivity contribution in [3.05, 3.63) is 57.9 Å². The van der Waals surface area contributed by atoms with Gasteiger partial charge in [-0.3, -0.25) is 4.79 Å². The van der Waals surface area contributed by atoms with Crippen molar-refractivity contribution < 1.29 is 18.7 Å². The Balaban J connectivity index is 2.15. The molecule has 0 bridgehead atoms. The summed E-state index contributed by atoms with van der Waals surface area (Å²) in [5.41, 5.74) is 2.69. The van der Waals surface area contributed by atoms with Gasteiger partial charge in [-0.25, -0.2) is 9.82 Å². The number of ether oxygens (including phenoxy) is 2. The van der Waals surface area contributed by atoms with Gasteiger partial charge in [0, 0.05) is 0 Å². The lowest BCUT2D eigenvalue weighted by atomic mass is 10.1. The number of benzene rings is 2. The van der Waals surface area contributed by atoms with Crippen molar-refractivity contribution in [2.24, 2.45) is 5.10 Å². The zero-order chi connectivity index (χ0) is 20.7. The van der Waals surface area contributed by atoms with Crippen molar-refractivity contribution >= 4 is 23.7 Å². The summed E-state index contributed by atoms with van der Waals surface area (Å²) in [4.78, 5) is 12.0. The standard InChI is InChI=1S/C20H19ClFN3O3/c1-4-12(2)28-19-16(21)7-14(9-18(19)27-3)11-24-25-20(26)15-6-5-13(10-23)8-17(15)22/h5-9,11-12H,4H2,1-3H3,(H,25,26)/b24-11-/t12-/m0/s1. The Hall–Kier alpha value is -3.11. The molecule has 0 aliphatic carbocycles. The minimum atomic E-state index is -0.803. The van der Waals surface area contributed by atoms with E-state index in [-0.39, 0.29) is 17.2 Å². The van der Waals surface area contributed by atoms with Crippen LogP contribution in [0.25, 0.3) is 0 Å². The second-order valence-electron chi connectivity index (χ2n) is 5.88. The lowest BCUT2D eigenvalue weighted by molar-refractivity contribution is 0.0951. The molecule has 0 aromatic heterocycles. The fraction of sp³-hybridized carbons (Fsp3) is 0.250. The highest BCUT2D eigenvalue weighted by Crippen LogP contribution is 2.37. The molecule has 2 aromatic carbocycles. The average molecular weight is 404 g/mol. The van der Waals surface area contributed by atoms with Crippen molar-refractivity contribution in [1.82, 2.24) is 5.43 Å². The molecule has 0 unspecified atom stereocenters. The predicted octanol–water partition coefficient (Wildman–Crippen LogP) is 4.30. The molecule has 0 aliphatic heterocycles. The fourth-order valence-electron chi connectivity index (χ4n) is 2.21. The van der Waals surface area contributed by atoms with Gasteiger partial charge in [0.15, 0.2) is 11.5 Å². The molecule has 0 spiro atoms. The molecule has 0 fully saturated rings. The highest BCUT2D eigenvalue weighted by molar-refractivity contribution is 6.32. The number of amides is 1. The largest absolute Gasteiger partial charge is 0.493 e. The summed E-state index contributed by atoms with van der Waals surface area (Å²) in [5.74, 6) is -0.686. The van der Waals surface area contributed by atoms with E-state index in [9.17, 15) is 9.18 Å². The Bertz CT molecular complexity index is 941. The van der Waals surface area contributed by atoms with Crippen LogP contribution in [0.2, 0.25) is 5.02 Å². The minimum absolute atomic E-state index is 0.0347. The van der Waals surface area contributed by atoms with Crippen LogP contribution in [0.4, 0.5) is 4.39 Å². The van der Waals surface area contributed by atoms with E-state index in [1.54, 1.807) is 18.2 Å². The van der Waals surface area contributed by atoms with Gasteiger partial charge >= 0.3 is 0 Å². The highest BCUT2D eigenvalue weighted by atomic mass is 35.5. The molecule has 2 rings (SSSR count). The molecule has 0 saturated heterocycles. The van der Waals surface area contributed by atoms with Crippen LogP contribution in [0.15, 0.2) is 35.4 Å². The molecule has 28 heavy (non-hydrogen) atoms. The first-order chi connectivity index (χ1) is 13.4. The number of nitrogens with zero attached hydrogens (tertiary/aromatic N) is 2. The van der Waals surface area contributed by atoms with Crippen LogP contribution in [0.1, 0.15) is 41.8 Å². The van der Waals surface area contributed by atoms with Crippen LogP contribution in [0.3, 0.4) is 0 Å². The molecule has 8 heteroatoms. The van der Waals surface area contributed by atoms with E-state index in [2.05, 4.69) is 10.5 Å². The van der Waals surface area contributed by atoms with Crippen LogP contribution in [-0.4, -0.2) is 25.3 Å². The molecular formula is C20H19ClFN3O3. The van der Waals surface area contributed by atoms with E-state index in [0.717, 1.165) is 12.5 Å². The monoisotopic (exact) mass is 403 g/mol. The van der Waals surface area contributed by atoms with Crippen LogP contribution in [0, 0.1) is 17.1 Å². The van der Waals surface area contributed by atoms with Gasteiger partial charge in [0.05, 0.1) is 41.6 Å². The van der Waals surface area contributed by atoms with E-state index in [0.29, 0.717) is 22.1 Å². The van der Waals surface area contributed by atoms with Crippen LogP contribution >= 0.6 is 11.6 Å². The summed E-state index contributed by atoms with van der Waals surface area (Å²) in [6.07, 6.45) is 2.12. The van der Waals surface area contributed by atoms with Crippen molar-refractivity contribution in [2.75, 3.05) is 7.11 Å². The summed E-state index contributed by atoms with van der Waals surface area (Å²) in [6, 6.07) is 8.62. The lowest BCUT2D eigenvalue weighted by Crippen LogP contribution is -2.19. The van der Waals surface area contributed by atoms with Crippen molar-refractivity contribution in [1.29, 1.82) is 5.26 Å². The third kappa shape index (κ3) is 5.21. The molecule has 0 saturated carbocycles. The third-order valence-electron chi connectivity index (χ3n) is 3.87. The van der Waals surface area contributed by atoms with Gasteiger partial charge in [-0.1, -0.05) is 18.5 Å². The first-order valence-corrected chi connectivity index (χ1v) is 8.84.